The third kappa shape index (κ3) is 5.74. The first-order chi connectivity index (χ1) is 18.8. The van der Waals surface area contributed by atoms with Crippen molar-refractivity contribution in [1.82, 2.24) is 0 Å². The molecule has 10 N–H and O–H groups in total. The Labute approximate surface area is 233 Å². The number of nitrogens with zero attached hydrogens (tertiary/aromatic N) is 2. The molecule has 2 aromatic carbocycles. The molecule has 0 spiro atoms. The first-order valence-corrected chi connectivity index (χ1v) is 13.2. The lowest BCUT2D eigenvalue weighted by molar-refractivity contribution is -0.139. The molecule has 16 heteroatoms. The fourth-order valence-corrected chi connectivity index (χ4v) is 7.00. The number of hydrogen-bond donors (Lipinski definition) is 8. The highest BCUT2D eigenvalue weighted by molar-refractivity contribution is 8.05. The second kappa shape index (κ2) is 11.2. The van der Waals surface area contributed by atoms with E-state index in [4.69, 9.17) is 21.7 Å². The van der Waals surface area contributed by atoms with Crippen molar-refractivity contribution in [2.45, 2.75) is 45.2 Å². The average molecular weight is 591 g/mol. The third-order valence-corrected chi connectivity index (χ3v) is 8.80. The third-order valence-electron chi connectivity index (χ3n) is 6.00. The highest BCUT2D eigenvalue weighted by Crippen LogP contribution is 2.51. The second-order valence-electron chi connectivity index (χ2n) is 8.90. The van der Waals surface area contributed by atoms with Crippen molar-refractivity contribution >= 4 is 70.2 Å². The van der Waals surface area contributed by atoms with Crippen molar-refractivity contribution in [3.05, 3.63) is 35.4 Å². The van der Waals surface area contributed by atoms with Crippen molar-refractivity contribution in [3.8, 4) is 11.5 Å². The number of thioether (sulfide) groups is 2. The van der Waals surface area contributed by atoms with Gasteiger partial charge in [0.25, 0.3) is 0 Å². The van der Waals surface area contributed by atoms with Gasteiger partial charge in [-0.25, -0.2) is 19.6 Å². The maximum atomic E-state index is 12.2. The lowest BCUT2D eigenvalue weighted by Crippen LogP contribution is -2.43. The molecule has 40 heavy (non-hydrogen) atoms. The number of aromatic hydroxyl groups is 2. The van der Waals surface area contributed by atoms with Crippen LogP contribution < -0.4 is 11.5 Å². The van der Waals surface area contributed by atoms with Gasteiger partial charge in [0.2, 0.25) is 0 Å². The quantitative estimate of drug-likeness (QED) is 0.202. The van der Waals surface area contributed by atoms with Gasteiger partial charge in [0.15, 0.2) is 0 Å². The standard InChI is InChI=1S/C24H22N4O10S2/c25-9(21(31)32)1-7-3-11(29)15-13(5-7)39-19(17(27-15)23(35)36)20-18(24(37)38)28-16-12(30)4-8(6-14(16)40-20)2-10(26)22(33)34/h3-6,9-10,19-20,29-30H,1-2,25-26H2,(H,31,32)(H,33,34)(H,35,36)(H,37,38). The monoisotopic (exact) mass is 590 g/mol. The first-order valence-electron chi connectivity index (χ1n) is 11.4. The first kappa shape index (κ1) is 28.9. The van der Waals surface area contributed by atoms with E-state index in [1.54, 1.807) is 0 Å². The molecule has 2 aliphatic rings. The van der Waals surface area contributed by atoms with Crippen LogP contribution in [0, 0.1) is 0 Å². The topological polar surface area (TPSA) is 266 Å². The van der Waals surface area contributed by atoms with Gasteiger partial charge < -0.3 is 42.1 Å². The molecule has 0 fully saturated rings. The summed E-state index contributed by atoms with van der Waals surface area (Å²) < 4.78 is 0. The maximum Gasteiger partial charge on any atom is 0.351 e. The number of rotatable bonds is 9. The van der Waals surface area contributed by atoms with E-state index in [0.29, 0.717) is 11.1 Å². The van der Waals surface area contributed by atoms with Gasteiger partial charge in [-0.2, -0.15) is 0 Å². The van der Waals surface area contributed by atoms with Gasteiger partial charge in [-0.05, 0) is 48.2 Å². The molecule has 2 aromatic rings. The number of aliphatic carboxylic acids is 4. The predicted molar refractivity (Wildman–Crippen MR) is 144 cm³/mol. The Morgan fingerprint density at radius 2 is 1.05 bits per heavy atom. The van der Waals surface area contributed by atoms with Crippen molar-refractivity contribution in [2.24, 2.45) is 21.5 Å². The van der Waals surface area contributed by atoms with E-state index >= 15 is 0 Å². The Morgan fingerprint density at radius 3 is 1.35 bits per heavy atom. The van der Waals surface area contributed by atoms with Crippen LogP contribution in [0.4, 0.5) is 11.4 Å². The highest BCUT2D eigenvalue weighted by atomic mass is 32.2. The van der Waals surface area contributed by atoms with Gasteiger partial charge in [0.1, 0.15) is 46.4 Å². The zero-order valence-electron chi connectivity index (χ0n) is 20.2. The summed E-state index contributed by atoms with van der Waals surface area (Å²) in [5.41, 5.74) is 10.8. The van der Waals surface area contributed by atoms with Crippen LogP contribution in [-0.2, 0) is 32.0 Å². The van der Waals surface area contributed by atoms with Crippen LogP contribution >= 0.6 is 23.5 Å². The number of carboxylic acid groups (broad SMARTS) is 4. The molecular weight excluding hydrogens is 568 g/mol. The maximum absolute atomic E-state index is 12.2. The van der Waals surface area contributed by atoms with Crippen LogP contribution in [-0.4, -0.2) is 88.5 Å². The summed E-state index contributed by atoms with van der Waals surface area (Å²) in [6.45, 7) is 0. The van der Waals surface area contributed by atoms with E-state index in [9.17, 15) is 39.6 Å². The molecule has 0 amide bonds. The Morgan fingerprint density at radius 1 is 0.700 bits per heavy atom. The lowest BCUT2D eigenvalue weighted by Gasteiger charge is -2.32. The minimum atomic E-state index is -1.47. The van der Waals surface area contributed by atoms with E-state index < -0.39 is 69.4 Å². The molecule has 0 bridgehead atoms. The molecule has 4 atom stereocenters. The van der Waals surface area contributed by atoms with E-state index in [1.807, 2.05) is 0 Å². The van der Waals surface area contributed by atoms with E-state index in [1.165, 1.54) is 24.3 Å². The fraction of sp³-hybridized carbons (Fsp3) is 0.250. The van der Waals surface area contributed by atoms with Gasteiger partial charge in [0.05, 0.1) is 10.5 Å². The van der Waals surface area contributed by atoms with Crippen molar-refractivity contribution in [3.63, 3.8) is 0 Å². The number of nitrogens with two attached hydrogens (primary N) is 2. The van der Waals surface area contributed by atoms with Gasteiger partial charge in [-0.15, -0.1) is 23.5 Å². The van der Waals surface area contributed by atoms with Gasteiger partial charge >= 0.3 is 23.9 Å². The van der Waals surface area contributed by atoms with Crippen LogP contribution in [0.15, 0.2) is 44.0 Å². The smallest absolute Gasteiger partial charge is 0.351 e. The summed E-state index contributed by atoms with van der Waals surface area (Å²) in [6.07, 6.45) is -0.296. The number of benzene rings is 2. The molecular formula is C24H22N4O10S2. The van der Waals surface area contributed by atoms with E-state index in [2.05, 4.69) is 9.98 Å². The largest absolute Gasteiger partial charge is 0.506 e. The zero-order chi connectivity index (χ0) is 29.5. The number of fused-ring (bicyclic) bond motifs is 2. The van der Waals surface area contributed by atoms with Crippen molar-refractivity contribution < 1.29 is 49.8 Å². The molecule has 0 radical (unpaired) electrons. The van der Waals surface area contributed by atoms with Crippen molar-refractivity contribution in [1.29, 1.82) is 0 Å². The number of carboxylic acids is 4. The van der Waals surface area contributed by atoms with Crippen LogP contribution in [0.5, 0.6) is 11.5 Å². The lowest BCUT2D eigenvalue weighted by atomic mass is 10.0. The van der Waals surface area contributed by atoms with E-state index in [0.717, 1.165) is 23.5 Å². The Hall–Kier alpha value is -4.12. The minimum Gasteiger partial charge on any atom is -0.506 e. The average Bonchev–Trinajstić information content (AvgIpc) is 2.87. The second-order valence-corrected chi connectivity index (χ2v) is 11.3. The van der Waals surface area contributed by atoms with Gasteiger partial charge in [-0.3, -0.25) is 9.59 Å². The molecule has 210 valence electrons. The van der Waals surface area contributed by atoms with Crippen LogP contribution in [0.1, 0.15) is 11.1 Å². The summed E-state index contributed by atoms with van der Waals surface area (Å²) in [5.74, 6) is -6.29. The summed E-state index contributed by atoms with van der Waals surface area (Å²) in [4.78, 5) is 55.6. The van der Waals surface area contributed by atoms with Gasteiger partial charge in [-0.1, -0.05) is 0 Å². The molecule has 0 aromatic heterocycles. The summed E-state index contributed by atoms with van der Waals surface area (Å²) >= 11 is 1.79. The van der Waals surface area contributed by atoms with Crippen LogP contribution in [0.2, 0.25) is 0 Å². The normalized spacial score (nSPS) is 19.4. The molecule has 14 nitrogen and oxygen atoms in total. The number of phenols is 2. The molecule has 0 aliphatic carbocycles. The molecule has 2 heterocycles. The Bertz CT molecular complexity index is 1400. The van der Waals surface area contributed by atoms with Crippen LogP contribution in [0.3, 0.4) is 0 Å². The summed E-state index contributed by atoms with van der Waals surface area (Å²) in [6, 6.07) is 2.90. The Kier molecular flexibility index (Phi) is 8.06. The van der Waals surface area contributed by atoms with Crippen molar-refractivity contribution in [2.75, 3.05) is 0 Å². The Balaban J connectivity index is 1.77. The SMILES string of the molecule is NC(Cc1cc(O)c2c(c1)SC(C1Sc3cc(CC(N)C(=O)O)cc(O)c3N=C1C(=O)O)C(C(=O)O)=N2)C(=O)O. The molecule has 4 unspecified atom stereocenters. The fourth-order valence-electron chi connectivity index (χ4n) is 4.12. The molecule has 0 saturated heterocycles. The summed E-state index contributed by atoms with van der Waals surface area (Å²) in [5, 5.41) is 56.9. The highest BCUT2D eigenvalue weighted by Gasteiger charge is 2.43. The predicted octanol–water partition coefficient (Wildman–Crippen LogP) is 0.970. The number of aliphatic imine (C=N–C) groups is 2. The summed E-state index contributed by atoms with van der Waals surface area (Å²) in [7, 11) is 0. The molecule has 2 aliphatic heterocycles. The molecule has 4 rings (SSSR count). The minimum absolute atomic E-state index is 0.0797. The number of carbonyl (C=O) groups is 4. The van der Waals surface area contributed by atoms with Crippen LogP contribution in [0.25, 0.3) is 0 Å². The zero-order valence-corrected chi connectivity index (χ0v) is 21.8. The number of phenolic OH excluding ortho intramolecular Hbond substituents is 2. The van der Waals surface area contributed by atoms with Gasteiger partial charge in [0, 0.05) is 9.79 Å². The number of hydrogen-bond acceptors (Lipinski definition) is 12. The van der Waals surface area contributed by atoms with E-state index in [-0.39, 0.29) is 34.0 Å². The molecule has 0 saturated carbocycles.